The van der Waals surface area contributed by atoms with Crippen LogP contribution in [0.3, 0.4) is 0 Å². The lowest BCUT2D eigenvalue weighted by atomic mass is 9.88. The molecule has 1 aromatic rings. The van der Waals surface area contributed by atoms with E-state index < -0.39 is 11.9 Å². The summed E-state index contributed by atoms with van der Waals surface area (Å²) in [6.07, 6.45) is 5.51. The van der Waals surface area contributed by atoms with E-state index in [0.29, 0.717) is 5.92 Å². The molecule has 0 saturated heterocycles. The average molecular weight is 237 g/mol. The zero-order chi connectivity index (χ0) is 12.3. The van der Waals surface area contributed by atoms with Gasteiger partial charge in [-0.3, -0.25) is 0 Å². The molecule has 2 unspecified atom stereocenters. The molecule has 1 fully saturated rings. The number of carbonyl (C=O) groups is 1. The molecule has 2 rings (SSSR count). The third-order valence-corrected chi connectivity index (χ3v) is 3.25. The van der Waals surface area contributed by atoms with Crippen LogP contribution in [0.5, 0.6) is 0 Å². The number of carbonyl (C=O) groups excluding carboxylic acids is 1. The van der Waals surface area contributed by atoms with E-state index in [9.17, 15) is 9.18 Å². The van der Waals surface area contributed by atoms with Gasteiger partial charge in [-0.05, 0) is 31.2 Å². The lowest BCUT2D eigenvalue weighted by molar-refractivity contribution is 0.00475. The molecule has 0 aromatic carbocycles. The van der Waals surface area contributed by atoms with Gasteiger partial charge in [0.1, 0.15) is 6.10 Å². The number of halogens is 1. The maximum atomic E-state index is 12.9. The van der Waals surface area contributed by atoms with Crippen molar-refractivity contribution in [1.29, 1.82) is 0 Å². The van der Waals surface area contributed by atoms with Crippen molar-refractivity contribution in [3.05, 3.63) is 29.8 Å². The predicted molar refractivity (Wildman–Crippen MR) is 61.0 cm³/mol. The van der Waals surface area contributed by atoms with Crippen molar-refractivity contribution in [2.45, 2.75) is 38.7 Å². The summed E-state index contributed by atoms with van der Waals surface area (Å²) in [6, 6.07) is 2.58. The highest BCUT2D eigenvalue weighted by Crippen LogP contribution is 2.26. The van der Waals surface area contributed by atoms with E-state index in [2.05, 4.69) is 11.9 Å². The predicted octanol–water partition coefficient (Wildman–Crippen LogP) is 2.96. The standard InChI is InChI=1S/C13H16FNO2/c1-9-4-2-3-5-11(9)17-13(16)10-6-7-15-12(14)8-10/h6-9,11H,2-5H2,1H3. The molecule has 92 valence electrons. The summed E-state index contributed by atoms with van der Waals surface area (Å²) < 4.78 is 18.3. The molecule has 0 aliphatic heterocycles. The van der Waals surface area contributed by atoms with E-state index in [4.69, 9.17) is 4.74 Å². The van der Waals surface area contributed by atoms with Gasteiger partial charge in [0.25, 0.3) is 0 Å². The maximum absolute atomic E-state index is 12.9. The number of hydrogen-bond donors (Lipinski definition) is 0. The molecule has 0 N–H and O–H groups in total. The van der Waals surface area contributed by atoms with E-state index in [1.807, 2.05) is 0 Å². The smallest absolute Gasteiger partial charge is 0.338 e. The maximum Gasteiger partial charge on any atom is 0.338 e. The first-order valence-electron chi connectivity index (χ1n) is 5.99. The quantitative estimate of drug-likeness (QED) is 0.586. The third kappa shape index (κ3) is 3.02. The summed E-state index contributed by atoms with van der Waals surface area (Å²) >= 11 is 0. The molecule has 4 heteroatoms. The second-order valence-corrected chi connectivity index (χ2v) is 4.57. The summed E-state index contributed by atoms with van der Waals surface area (Å²) in [5.41, 5.74) is 0.232. The average Bonchev–Trinajstić information content (AvgIpc) is 2.32. The van der Waals surface area contributed by atoms with Crippen molar-refractivity contribution < 1.29 is 13.9 Å². The summed E-state index contributed by atoms with van der Waals surface area (Å²) in [5.74, 6) is -0.722. The van der Waals surface area contributed by atoms with Gasteiger partial charge in [0.15, 0.2) is 0 Å². The Morgan fingerprint density at radius 3 is 2.94 bits per heavy atom. The van der Waals surface area contributed by atoms with Gasteiger partial charge in [0, 0.05) is 12.3 Å². The number of aromatic nitrogens is 1. The van der Waals surface area contributed by atoms with Crippen LogP contribution in [-0.2, 0) is 4.74 Å². The van der Waals surface area contributed by atoms with Crippen molar-refractivity contribution >= 4 is 5.97 Å². The molecule has 1 heterocycles. The summed E-state index contributed by atoms with van der Waals surface area (Å²) in [7, 11) is 0. The molecule has 0 radical (unpaired) electrons. The minimum absolute atomic E-state index is 0.0347. The van der Waals surface area contributed by atoms with Crippen LogP contribution in [-0.4, -0.2) is 17.1 Å². The van der Waals surface area contributed by atoms with Gasteiger partial charge in [-0.15, -0.1) is 0 Å². The molecule has 1 aliphatic carbocycles. The lowest BCUT2D eigenvalue weighted by Crippen LogP contribution is -2.28. The van der Waals surface area contributed by atoms with Crippen molar-refractivity contribution in [3.63, 3.8) is 0 Å². The Labute approximate surface area is 100 Å². The van der Waals surface area contributed by atoms with Crippen LogP contribution in [0.1, 0.15) is 43.0 Å². The van der Waals surface area contributed by atoms with Gasteiger partial charge in [-0.1, -0.05) is 13.3 Å². The first kappa shape index (κ1) is 12.0. The fourth-order valence-corrected chi connectivity index (χ4v) is 2.19. The van der Waals surface area contributed by atoms with E-state index in [0.717, 1.165) is 25.3 Å². The van der Waals surface area contributed by atoms with Crippen molar-refractivity contribution in [2.75, 3.05) is 0 Å². The van der Waals surface area contributed by atoms with Crippen LogP contribution in [0.4, 0.5) is 4.39 Å². The topological polar surface area (TPSA) is 39.2 Å². The number of pyridine rings is 1. The largest absolute Gasteiger partial charge is 0.458 e. The van der Waals surface area contributed by atoms with Gasteiger partial charge >= 0.3 is 5.97 Å². The molecule has 17 heavy (non-hydrogen) atoms. The monoisotopic (exact) mass is 237 g/mol. The first-order chi connectivity index (χ1) is 8.16. The van der Waals surface area contributed by atoms with Crippen molar-refractivity contribution in [1.82, 2.24) is 4.98 Å². The van der Waals surface area contributed by atoms with Gasteiger partial charge in [-0.2, -0.15) is 4.39 Å². The van der Waals surface area contributed by atoms with Gasteiger partial charge in [-0.25, -0.2) is 9.78 Å². The highest BCUT2D eigenvalue weighted by Gasteiger charge is 2.25. The van der Waals surface area contributed by atoms with Crippen LogP contribution in [0, 0.1) is 11.9 Å². The number of hydrogen-bond acceptors (Lipinski definition) is 3. The molecular weight excluding hydrogens is 221 g/mol. The molecule has 1 aliphatic rings. The molecule has 1 aromatic heterocycles. The van der Waals surface area contributed by atoms with Crippen LogP contribution in [0.15, 0.2) is 18.3 Å². The number of rotatable bonds is 2. The Kier molecular flexibility index (Phi) is 3.71. The zero-order valence-electron chi connectivity index (χ0n) is 9.86. The van der Waals surface area contributed by atoms with Gasteiger partial charge in [0.2, 0.25) is 5.95 Å². The Morgan fingerprint density at radius 1 is 1.47 bits per heavy atom. The molecule has 1 saturated carbocycles. The van der Waals surface area contributed by atoms with Crippen LogP contribution in [0.25, 0.3) is 0 Å². The molecule has 3 nitrogen and oxygen atoms in total. The molecule has 0 spiro atoms. The van der Waals surface area contributed by atoms with Gasteiger partial charge < -0.3 is 4.74 Å². The summed E-state index contributed by atoms with van der Waals surface area (Å²) in [4.78, 5) is 15.2. The third-order valence-electron chi connectivity index (χ3n) is 3.25. The number of esters is 1. The van der Waals surface area contributed by atoms with Crippen LogP contribution in [0.2, 0.25) is 0 Å². The number of nitrogens with zero attached hydrogens (tertiary/aromatic N) is 1. The Bertz CT molecular complexity index is 408. The SMILES string of the molecule is CC1CCCCC1OC(=O)c1ccnc(F)c1. The van der Waals surface area contributed by atoms with Crippen LogP contribution >= 0.6 is 0 Å². The Hall–Kier alpha value is -1.45. The second kappa shape index (κ2) is 5.25. The fourth-order valence-electron chi connectivity index (χ4n) is 2.19. The highest BCUT2D eigenvalue weighted by atomic mass is 19.1. The second-order valence-electron chi connectivity index (χ2n) is 4.57. The number of ether oxygens (including phenoxy) is 1. The molecule has 0 amide bonds. The van der Waals surface area contributed by atoms with Gasteiger partial charge in [0.05, 0.1) is 5.56 Å². The highest BCUT2D eigenvalue weighted by molar-refractivity contribution is 5.89. The summed E-state index contributed by atoms with van der Waals surface area (Å²) in [6.45, 7) is 2.09. The minimum atomic E-state index is -0.656. The Morgan fingerprint density at radius 2 is 2.24 bits per heavy atom. The summed E-state index contributed by atoms with van der Waals surface area (Å²) in [5, 5.41) is 0. The zero-order valence-corrected chi connectivity index (χ0v) is 9.86. The first-order valence-corrected chi connectivity index (χ1v) is 5.99. The lowest BCUT2D eigenvalue weighted by Gasteiger charge is -2.28. The molecule has 2 atom stereocenters. The van der Waals surface area contributed by atoms with Crippen LogP contribution < -0.4 is 0 Å². The fraction of sp³-hybridized carbons (Fsp3) is 0.538. The minimum Gasteiger partial charge on any atom is -0.458 e. The Balaban J connectivity index is 2.01. The van der Waals surface area contributed by atoms with E-state index >= 15 is 0 Å². The van der Waals surface area contributed by atoms with Crippen molar-refractivity contribution in [2.24, 2.45) is 5.92 Å². The van der Waals surface area contributed by atoms with Crippen molar-refractivity contribution in [3.8, 4) is 0 Å². The van der Waals surface area contributed by atoms with E-state index in [1.165, 1.54) is 18.7 Å². The van der Waals surface area contributed by atoms with E-state index in [-0.39, 0.29) is 11.7 Å². The molecular formula is C13H16FNO2. The van der Waals surface area contributed by atoms with E-state index in [1.54, 1.807) is 0 Å². The molecule has 0 bridgehead atoms. The normalized spacial score (nSPS) is 24.4.